The molecule has 8 aromatic rings. The van der Waals surface area contributed by atoms with Crippen molar-refractivity contribution in [3.8, 4) is 22.5 Å². The van der Waals surface area contributed by atoms with Crippen LogP contribution < -0.4 is 5.46 Å². The molecule has 0 spiro atoms. The molecule has 2 radical (unpaired) electrons. The van der Waals surface area contributed by atoms with Gasteiger partial charge in [0.25, 0.3) is 0 Å². The van der Waals surface area contributed by atoms with Gasteiger partial charge in [0.15, 0.2) is 0 Å². The minimum Gasteiger partial charge on any atom is -0.319 e. The van der Waals surface area contributed by atoms with E-state index < -0.39 is 0 Å². The Morgan fingerprint density at radius 2 is 1.07 bits per heavy atom. The van der Waals surface area contributed by atoms with Gasteiger partial charge in [-0.2, -0.15) is 0 Å². The first-order valence-corrected chi connectivity index (χ1v) is 14.0. The predicted octanol–water partition coefficient (Wildman–Crippen LogP) is 8.67. The van der Waals surface area contributed by atoms with Crippen LogP contribution >= 0.6 is 0 Å². The first kappa shape index (κ1) is 23.7. The van der Waals surface area contributed by atoms with Crippen molar-refractivity contribution >= 4 is 56.7 Å². The van der Waals surface area contributed by atoms with Gasteiger partial charge in [0, 0.05) is 12.1 Å². The molecule has 0 amide bonds. The van der Waals surface area contributed by atoms with Crippen molar-refractivity contribution in [3.05, 3.63) is 145 Å². The van der Waals surface area contributed by atoms with Crippen LogP contribution in [0.4, 0.5) is 0 Å². The summed E-state index contributed by atoms with van der Waals surface area (Å²) in [5, 5.41) is 7.70. The number of rotatable bonds is 4. The normalized spacial score (nSPS) is 11.6. The molecule has 3 heteroatoms. The molecule has 0 atom stereocenters. The summed E-state index contributed by atoms with van der Waals surface area (Å²) in [7, 11) is 6.36. The minimum atomic E-state index is 0.655. The number of imidazole rings is 1. The van der Waals surface area contributed by atoms with Gasteiger partial charge in [-0.3, -0.25) is 0 Å². The molecule has 190 valence electrons. The fraction of sp³-hybridized carbons (Fsp3) is 0.0263. The molecule has 0 bridgehead atoms. The Hall–Kier alpha value is -5.15. The highest BCUT2D eigenvalue weighted by Crippen LogP contribution is 2.37. The van der Waals surface area contributed by atoms with E-state index >= 15 is 0 Å². The number of para-hydroxylation sites is 2. The Labute approximate surface area is 239 Å². The number of fused-ring (bicyclic) bond motifs is 7. The van der Waals surface area contributed by atoms with Gasteiger partial charge in [-0.1, -0.05) is 121 Å². The molecule has 1 heterocycles. The van der Waals surface area contributed by atoms with E-state index in [2.05, 4.69) is 120 Å². The largest absolute Gasteiger partial charge is 0.319 e. The quantitative estimate of drug-likeness (QED) is 0.168. The summed E-state index contributed by atoms with van der Waals surface area (Å²) in [6, 6.07) is 49.4. The van der Waals surface area contributed by atoms with E-state index in [1.165, 1.54) is 43.4 Å². The molecule has 0 fully saturated rings. The van der Waals surface area contributed by atoms with Gasteiger partial charge in [-0.05, 0) is 73.3 Å². The number of hydrogen-bond donors (Lipinski definition) is 0. The molecule has 0 aliphatic carbocycles. The molecule has 0 aliphatic rings. The smallest absolute Gasteiger partial charge is 0.141 e. The van der Waals surface area contributed by atoms with Crippen molar-refractivity contribution in [2.75, 3.05) is 0 Å². The Bertz CT molecular complexity index is 2220. The van der Waals surface area contributed by atoms with E-state index in [0.29, 0.717) is 6.54 Å². The lowest BCUT2D eigenvalue weighted by Gasteiger charge is -2.14. The predicted molar refractivity (Wildman–Crippen MR) is 174 cm³/mol. The summed E-state index contributed by atoms with van der Waals surface area (Å²) in [5.41, 5.74) is 7.39. The highest BCUT2D eigenvalue weighted by atomic mass is 15.1. The molecule has 0 saturated carbocycles. The van der Waals surface area contributed by atoms with Gasteiger partial charge in [-0.25, -0.2) is 4.98 Å². The van der Waals surface area contributed by atoms with Crippen LogP contribution in [0.1, 0.15) is 5.56 Å². The maximum atomic E-state index is 6.36. The molecule has 7 aromatic carbocycles. The average Bonchev–Trinajstić information content (AvgIpc) is 3.40. The Balaban J connectivity index is 1.30. The van der Waals surface area contributed by atoms with Gasteiger partial charge in [0.2, 0.25) is 0 Å². The van der Waals surface area contributed by atoms with Crippen LogP contribution in [0.25, 0.3) is 65.9 Å². The van der Waals surface area contributed by atoms with Crippen LogP contribution in [0.2, 0.25) is 0 Å². The van der Waals surface area contributed by atoms with E-state index in [0.717, 1.165) is 33.4 Å². The van der Waals surface area contributed by atoms with Gasteiger partial charge in [-0.15, -0.1) is 0 Å². The zero-order valence-corrected chi connectivity index (χ0v) is 22.5. The van der Waals surface area contributed by atoms with Gasteiger partial charge < -0.3 is 4.57 Å². The van der Waals surface area contributed by atoms with E-state index in [9.17, 15) is 0 Å². The summed E-state index contributed by atoms with van der Waals surface area (Å²) in [6.07, 6.45) is 0. The molecular formula is C38H25BN2. The molecule has 0 unspecified atom stereocenters. The van der Waals surface area contributed by atoms with Crippen molar-refractivity contribution in [1.82, 2.24) is 9.55 Å². The fourth-order valence-corrected chi connectivity index (χ4v) is 6.23. The highest BCUT2D eigenvalue weighted by molar-refractivity contribution is 6.33. The molecule has 2 nitrogen and oxygen atoms in total. The second kappa shape index (κ2) is 9.50. The Morgan fingerprint density at radius 1 is 0.488 bits per heavy atom. The van der Waals surface area contributed by atoms with Crippen molar-refractivity contribution in [1.29, 1.82) is 0 Å². The van der Waals surface area contributed by atoms with Gasteiger partial charge in [0.05, 0.1) is 11.0 Å². The van der Waals surface area contributed by atoms with Crippen molar-refractivity contribution in [2.24, 2.45) is 0 Å². The first-order valence-electron chi connectivity index (χ1n) is 14.0. The van der Waals surface area contributed by atoms with Crippen LogP contribution in [0.5, 0.6) is 0 Å². The highest BCUT2D eigenvalue weighted by Gasteiger charge is 2.15. The third kappa shape index (κ3) is 3.93. The summed E-state index contributed by atoms with van der Waals surface area (Å²) in [4.78, 5) is 5.09. The SMILES string of the molecule is [B]c1ccccc1Cn1c(-c2cccc(-c3ccc4c5ccccc5c5ccccc5c4c3)c2)nc2ccccc21. The molecule has 0 saturated heterocycles. The lowest BCUT2D eigenvalue weighted by molar-refractivity contribution is 0.838. The second-order valence-corrected chi connectivity index (χ2v) is 10.6. The zero-order valence-electron chi connectivity index (χ0n) is 22.5. The molecule has 1 aromatic heterocycles. The summed E-state index contributed by atoms with van der Waals surface area (Å²) in [6.45, 7) is 0.655. The number of benzene rings is 7. The Morgan fingerprint density at radius 3 is 1.83 bits per heavy atom. The van der Waals surface area contributed by atoms with Crippen LogP contribution in [0.15, 0.2) is 140 Å². The molecule has 8 rings (SSSR count). The third-order valence-corrected chi connectivity index (χ3v) is 8.24. The first-order chi connectivity index (χ1) is 20.2. The molecule has 41 heavy (non-hydrogen) atoms. The van der Waals surface area contributed by atoms with E-state index in [1.54, 1.807) is 0 Å². The maximum Gasteiger partial charge on any atom is 0.141 e. The number of hydrogen-bond acceptors (Lipinski definition) is 1. The van der Waals surface area contributed by atoms with Gasteiger partial charge >= 0.3 is 0 Å². The lowest BCUT2D eigenvalue weighted by atomic mass is 9.90. The summed E-state index contributed by atoms with van der Waals surface area (Å²) < 4.78 is 2.28. The van der Waals surface area contributed by atoms with Crippen molar-refractivity contribution in [2.45, 2.75) is 6.54 Å². The maximum absolute atomic E-state index is 6.36. The molecule has 0 N–H and O–H groups in total. The monoisotopic (exact) mass is 520 g/mol. The van der Waals surface area contributed by atoms with Crippen LogP contribution in [-0.2, 0) is 6.54 Å². The standard InChI is InChI=1S/C38H25BN2/c39-35-17-6-1-10-28(35)24-41-37-19-8-7-18-36(37)40-38(41)27-12-9-11-25(22-27)26-20-21-33-31-15-3-2-13-29(31)30-14-4-5-16-32(30)34(33)23-26/h1-23H,24H2. The third-order valence-electron chi connectivity index (χ3n) is 8.24. The second-order valence-electron chi connectivity index (χ2n) is 10.6. The van der Waals surface area contributed by atoms with Crippen LogP contribution in [-0.4, -0.2) is 17.4 Å². The average molecular weight is 520 g/mol. The van der Waals surface area contributed by atoms with Crippen molar-refractivity contribution < 1.29 is 0 Å². The molecular weight excluding hydrogens is 495 g/mol. The van der Waals surface area contributed by atoms with Crippen LogP contribution in [0, 0.1) is 0 Å². The fourth-order valence-electron chi connectivity index (χ4n) is 6.23. The topological polar surface area (TPSA) is 17.8 Å². The Kier molecular flexibility index (Phi) is 5.49. The number of nitrogens with zero attached hydrogens (tertiary/aromatic N) is 2. The van der Waals surface area contributed by atoms with E-state index in [-0.39, 0.29) is 0 Å². The van der Waals surface area contributed by atoms with Crippen molar-refractivity contribution in [3.63, 3.8) is 0 Å². The lowest BCUT2D eigenvalue weighted by Crippen LogP contribution is -2.14. The van der Waals surface area contributed by atoms with Crippen LogP contribution in [0.3, 0.4) is 0 Å². The zero-order chi connectivity index (χ0) is 27.3. The summed E-state index contributed by atoms with van der Waals surface area (Å²) >= 11 is 0. The molecule has 0 aliphatic heterocycles. The summed E-state index contributed by atoms with van der Waals surface area (Å²) in [5.74, 6) is 0.938. The van der Waals surface area contributed by atoms with E-state index in [4.69, 9.17) is 12.8 Å². The minimum absolute atomic E-state index is 0.655. The van der Waals surface area contributed by atoms with E-state index in [1.807, 2.05) is 24.3 Å². The number of aromatic nitrogens is 2. The van der Waals surface area contributed by atoms with Gasteiger partial charge in [0.1, 0.15) is 13.7 Å².